The van der Waals surface area contributed by atoms with Gasteiger partial charge in [-0.25, -0.2) is 18.2 Å². The highest BCUT2D eigenvalue weighted by molar-refractivity contribution is 6.32. The van der Waals surface area contributed by atoms with Crippen LogP contribution in [-0.4, -0.2) is 42.8 Å². The van der Waals surface area contributed by atoms with E-state index in [0.717, 1.165) is 25.7 Å². The van der Waals surface area contributed by atoms with Gasteiger partial charge in [-0.15, -0.1) is 0 Å². The van der Waals surface area contributed by atoms with Crippen LogP contribution < -0.4 is 10.6 Å². The molecule has 1 aliphatic carbocycles. The summed E-state index contributed by atoms with van der Waals surface area (Å²) in [6.45, 7) is 2.86. The minimum Gasteiger partial charge on any atom is -0.368 e. The number of amides is 1. The zero-order chi connectivity index (χ0) is 23.8. The van der Waals surface area contributed by atoms with Crippen LogP contribution in [0.5, 0.6) is 0 Å². The van der Waals surface area contributed by atoms with Crippen molar-refractivity contribution in [2.45, 2.75) is 70.3 Å². The van der Waals surface area contributed by atoms with Crippen LogP contribution in [0.25, 0.3) is 5.65 Å². The zero-order valence-electron chi connectivity index (χ0n) is 18.4. The number of halogens is 4. The van der Waals surface area contributed by atoms with Gasteiger partial charge in [0.05, 0.1) is 12.1 Å². The number of carbonyl (C=O) groups excluding carboxylic acids is 1. The standard InChI is InChI=1S/C22H26ClF3N6O/c1-22(2,26)12-31-10-15(19(23)30-31)21(33)28-14-8-6-13(7-9-14)27-17-4-3-5-18-29-16(20(24)25)11-32(17)18/h3-5,10-11,13-14,20,27H,6-9,12H2,1-2H3,(H,28,33)/t13-,14+. The molecule has 11 heteroatoms. The summed E-state index contributed by atoms with van der Waals surface area (Å²) in [6, 6.07) is 5.41. The molecule has 178 valence electrons. The molecule has 2 N–H and O–H groups in total. The topological polar surface area (TPSA) is 76.2 Å². The lowest BCUT2D eigenvalue weighted by Gasteiger charge is -2.30. The maximum absolute atomic E-state index is 13.9. The van der Waals surface area contributed by atoms with Gasteiger partial charge in [-0.1, -0.05) is 17.7 Å². The second-order valence-electron chi connectivity index (χ2n) is 9.02. The molecular formula is C22H26ClF3N6O. The van der Waals surface area contributed by atoms with Gasteiger partial charge < -0.3 is 10.6 Å². The van der Waals surface area contributed by atoms with Crippen molar-refractivity contribution in [3.63, 3.8) is 0 Å². The molecule has 3 aromatic heterocycles. The Morgan fingerprint density at radius 3 is 2.58 bits per heavy atom. The van der Waals surface area contributed by atoms with E-state index in [2.05, 4.69) is 20.7 Å². The summed E-state index contributed by atoms with van der Waals surface area (Å²) in [5.74, 6) is 0.372. The lowest BCUT2D eigenvalue weighted by molar-refractivity contribution is 0.0926. The zero-order valence-corrected chi connectivity index (χ0v) is 19.1. The number of hydrogen-bond acceptors (Lipinski definition) is 4. The van der Waals surface area contributed by atoms with E-state index in [4.69, 9.17) is 11.6 Å². The molecule has 1 aliphatic rings. The molecule has 0 unspecified atom stereocenters. The van der Waals surface area contributed by atoms with Crippen LogP contribution in [0.3, 0.4) is 0 Å². The average molecular weight is 483 g/mol. The van der Waals surface area contributed by atoms with Crippen LogP contribution in [0.15, 0.2) is 30.6 Å². The Labute approximate surface area is 194 Å². The molecule has 33 heavy (non-hydrogen) atoms. The van der Waals surface area contributed by atoms with Gasteiger partial charge in [0.25, 0.3) is 12.3 Å². The Morgan fingerprint density at radius 2 is 1.91 bits per heavy atom. The van der Waals surface area contributed by atoms with Crippen LogP contribution in [0.4, 0.5) is 19.0 Å². The van der Waals surface area contributed by atoms with E-state index in [1.54, 1.807) is 16.5 Å². The number of pyridine rings is 1. The minimum absolute atomic E-state index is 0.000740. The van der Waals surface area contributed by atoms with Crippen LogP contribution in [0.1, 0.15) is 62.0 Å². The smallest absolute Gasteiger partial charge is 0.281 e. The molecule has 0 atom stereocenters. The fourth-order valence-corrected chi connectivity index (χ4v) is 4.35. The van der Waals surface area contributed by atoms with Crippen LogP contribution in [0.2, 0.25) is 5.15 Å². The summed E-state index contributed by atoms with van der Waals surface area (Å²) in [7, 11) is 0. The molecule has 1 amide bonds. The quantitative estimate of drug-likeness (QED) is 0.495. The first-order valence-corrected chi connectivity index (χ1v) is 11.2. The molecule has 1 saturated carbocycles. The maximum atomic E-state index is 13.9. The van der Waals surface area contributed by atoms with Gasteiger partial charge in [0, 0.05) is 24.5 Å². The van der Waals surface area contributed by atoms with Crippen molar-refractivity contribution < 1.29 is 18.0 Å². The maximum Gasteiger partial charge on any atom is 0.281 e. The van der Waals surface area contributed by atoms with Crippen molar-refractivity contribution in [3.8, 4) is 0 Å². The second-order valence-corrected chi connectivity index (χ2v) is 9.38. The number of fused-ring (bicyclic) bond motifs is 1. The van der Waals surface area contributed by atoms with E-state index in [1.807, 2.05) is 6.07 Å². The largest absolute Gasteiger partial charge is 0.368 e. The van der Waals surface area contributed by atoms with Crippen LogP contribution >= 0.6 is 11.6 Å². The van der Waals surface area contributed by atoms with E-state index in [-0.39, 0.29) is 40.9 Å². The SMILES string of the molecule is CC(C)(F)Cn1cc(C(=O)N[C@H]2CC[C@@H](Nc3cccc4nc(C(F)F)cn34)CC2)c(Cl)n1. The van der Waals surface area contributed by atoms with E-state index in [9.17, 15) is 18.0 Å². The third-order valence-electron chi connectivity index (χ3n) is 5.65. The molecule has 7 nitrogen and oxygen atoms in total. The second kappa shape index (κ2) is 9.24. The fraction of sp³-hybridized carbons (Fsp3) is 0.500. The van der Waals surface area contributed by atoms with Crippen molar-refractivity contribution in [2.24, 2.45) is 0 Å². The van der Waals surface area contributed by atoms with Crippen LogP contribution in [-0.2, 0) is 6.54 Å². The summed E-state index contributed by atoms with van der Waals surface area (Å²) in [6.07, 6.45) is 3.26. The van der Waals surface area contributed by atoms with Gasteiger partial charge in [-0.3, -0.25) is 13.9 Å². The number of nitrogens with one attached hydrogen (secondary N) is 2. The van der Waals surface area contributed by atoms with E-state index in [1.165, 1.54) is 30.9 Å². The highest BCUT2D eigenvalue weighted by atomic mass is 35.5. The number of anilines is 1. The average Bonchev–Trinajstić information content (AvgIpc) is 3.32. The number of hydrogen-bond donors (Lipinski definition) is 2. The Balaban J connectivity index is 1.33. The number of nitrogens with zero attached hydrogens (tertiary/aromatic N) is 4. The summed E-state index contributed by atoms with van der Waals surface area (Å²) >= 11 is 6.09. The van der Waals surface area contributed by atoms with Gasteiger partial charge in [-0.2, -0.15) is 5.10 Å². The summed E-state index contributed by atoms with van der Waals surface area (Å²) < 4.78 is 42.8. The molecule has 0 radical (unpaired) electrons. The Kier molecular flexibility index (Phi) is 6.56. The Morgan fingerprint density at radius 1 is 1.21 bits per heavy atom. The first-order chi connectivity index (χ1) is 15.6. The summed E-state index contributed by atoms with van der Waals surface area (Å²) in [5.41, 5.74) is -1.04. The molecule has 0 spiro atoms. The van der Waals surface area contributed by atoms with Gasteiger partial charge >= 0.3 is 0 Å². The lowest BCUT2D eigenvalue weighted by Crippen LogP contribution is -2.40. The van der Waals surface area contributed by atoms with E-state index < -0.39 is 12.1 Å². The molecule has 0 aromatic carbocycles. The molecule has 1 fully saturated rings. The van der Waals surface area contributed by atoms with Crippen molar-refractivity contribution in [2.75, 3.05) is 5.32 Å². The Hall–Kier alpha value is -2.75. The third kappa shape index (κ3) is 5.61. The fourth-order valence-electron chi connectivity index (χ4n) is 4.12. The summed E-state index contributed by atoms with van der Waals surface area (Å²) in [5, 5.41) is 10.5. The predicted octanol–water partition coefficient (Wildman–Crippen LogP) is 5.02. The summed E-state index contributed by atoms with van der Waals surface area (Å²) in [4.78, 5) is 16.6. The van der Waals surface area contributed by atoms with Gasteiger partial charge in [0.2, 0.25) is 0 Å². The molecule has 3 aromatic rings. The van der Waals surface area contributed by atoms with Gasteiger partial charge in [-0.05, 0) is 51.7 Å². The van der Waals surface area contributed by atoms with Gasteiger partial charge in [0.15, 0.2) is 5.15 Å². The van der Waals surface area contributed by atoms with Crippen molar-refractivity contribution in [3.05, 3.63) is 47.0 Å². The van der Waals surface area contributed by atoms with E-state index >= 15 is 0 Å². The van der Waals surface area contributed by atoms with Crippen molar-refractivity contribution in [1.82, 2.24) is 24.5 Å². The van der Waals surface area contributed by atoms with Crippen LogP contribution in [0, 0.1) is 0 Å². The minimum atomic E-state index is -2.62. The van der Waals surface area contributed by atoms with Crippen molar-refractivity contribution >= 4 is 29.0 Å². The van der Waals surface area contributed by atoms with Gasteiger partial charge in [0.1, 0.15) is 22.8 Å². The number of aromatic nitrogens is 4. The Bertz CT molecular complexity index is 1130. The molecule has 0 bridgehead atoms. The normalized spacial score (nSPS) is 19.2. The number of imidazole rings is 1. The van der Waals surface area contributed by atoms with Crippen molar-refractivity contribution in [1.29, 1.82) is 0 Å². The predicted molar refractivity (Wildman–Crippen MR) is 120 cm³/mol. The molecule has 4 rings (SSSR count). The number of alkyl halides is 3. The van der Waals surface area contributed by atoms with E-state index in [0.29, 0.717) is 11.5 Å². The highest BCUT2D eigenvalue weighted by Gasteiger charge is 2.26. The number of rotatable bonds is 7. The molecular weight excluding hydrogens is 457 g/mol. The highest BCUT2D eigenvalue weighted by Crippen LogP contribution is 2.26. The monoisotopic (exact) mass is 482 g/mol. The molecule has 0 aliphatic heterocycles. The molecule has 0 saturated heterocycles. The first-order valence-electron chi connectivity index (χ1n) is 10.8. The molecule has 3 heterocycles. The lowest BCUT2D eigenvalue weighted by atomic mass is 9.91. The third-order valence-corrected chi connectivity index (χ3v) is 5.93. The number of carbonyl (C=O) groups is 1. The first kappa shape index (κ1) is 23.4.